The van der Waals surface area contributed by atoms with E-state index in [1.165, 1.54) is 6.07 Å². The van der Waals surface area contributed by atoms with Gasteiger partial charge in [-0.25, -0.2) is 4.39 Å². The molecule has 5 heteroatoms. The highest BCUT2D eigenvalue weighted by Crippen LogP contribution is 2.17. The fourth-order valence-corrected chi connectivity index (χ4v) is 2.29. The third-order valence-electron chi connectivity index (χ3n) is 3.15. The number of hydrogen-bond acceptors (Lipinski definition) is 1. The fraction of sp³-hybridized carbons (Fsp3) is 0.188. The van der Waals surface area contributed by atoms with E-state index in [4.69, 9.17) is 23.8 Å². The normalized spacial score (nSPS) is 11.8. The number of thiocarbonyl (C=S) groups is 1. The zero-order valence-electron chi connectivity index (χ0n) is 11.8. The number of anilines is 1. The predicted molar refractivity (Wildman–Crippen MR) is 90.4 cm³/mol. The molecule has 0 amide bonds. The summed E-state index contributed by atoms with van der Waals surface area (Å²) < 4.78 is 13.5. The van der Waals surface area contributed by atoms with Crippen LogP contribution in [0.15, 0.2) is 42.5 Å². The van der Waals surface area contributed by atoms with Crippen molar-refractivity contribution in [1.29, 1.82) is 0 Å². The molecule has 0 unspecified atom stereocenters. The summed E-state index contributed by atoms with van der Waals surface area (Å²) in [5.41, 5.74) is 2.30. The van der Waals surface area contributed by atoms with Crippen molar-refractivity contribution < 1.29 is 4.39 Å². The summed E-state index contributed by atoms with van der Waals surface area (Å²) in [5.74, 6) is -0.256. The highest BCUT2D eigenvalue weighted by Gasteiger charge is 2.07. The maximum absolute atomic E-state index is 13.5. The van der Waals surface area contributed by atoms with Crippen molar-refractivity contribution in [3.05, 3.63) is 64.4 Å². The van der Waals surface area contributed by atoms with E-state index in [1.54, 1.807) is 19.1 Å². The van der Waals surface area contributed by atoms with E-state index in [9.17, 15) is 4.39 Å². The Morgan fingerprint density at radius 1 is 1.19 bits per heavy atom. The summed E-state index contributed by atoms with van der Waals surface area (Å²) in [6.45, 7) is 3.71. The maximum atomic E-state index is 13.5. The lowest BCUT2D eigenvalue weighted by atomic mass is 10.1. The van der Waals surface area contributed by atoms with Gasteiger partial charge in [0.1, 0.15) is 5.82 Å². The van der Waals surface area contributed by atoms with E-state index in [-0.39, 0.29) is 11.9 Å². The number of hydrogen-bond donors (Lipinski definition) is 2. The lowest BCUT2D eigenvalue weighted by molar-refractivity contribution is 0.619. The first-order valence-corrected chi connectivity index (χ1v) is 7.33. The van der Waals surface area contributed by atoms with Crippen LogP contribution in [-0.4, -0.2) is 5.11 Å². The van der Waals surface area contributed by atoms with Crippen LogP contribution >= 0.6 is 23.8 Å². The van der Waals surface area contributed by atoms with Gasteiger partial charge in [-0.2, -0.15) is 0 Å². The summed E-state index contributed by atoms with van der Waals surface area (Å²) in [4.78, 5) is 0. The molecule has 0 saturated carbocycles. The van der Waals surface area contributed by atoms with E-state index in [1.807, 2.05) is 31.2 Å². The summed E-state index contributed by atoms with van der Waals surface area (Å²) in [6, 6.07) is 12.5. The van der Waals surface area contributed by atoms with Gasteiger partial charge in [-0.1, -0.05) is 29.8 Å². The summed E-state index contributed by atoms with van der Waals surface area (Å²) in [6.07, 6.45) is 0. The standard InChI is InChI=1S/C16H16ClFN2S/c1-10-3-8-14(9-15(10)18)20-16(21)19-11(2)12-4-6-13(17)7-5-12/h3-9,11H,1-2H3,(H2,19,20,21)/t11-/m1/s1. The molecule has 21 heavy (non-hydrogen) atoms. The summed E-state index contributed by atoms with van der Waals surface area (Å²) in [7, 11) is 0. The van der Waals surface area contributed by atoms with Crippen molar-refractivity contribution >= 4 is 34.6 Å². The Balaban J connectivity index is 1.97. The molecular weight excluding hydrogens is 307 g/mol. The summed E-state index contributed by atoms with van der Waals surface area (Å²) >= 11 is 11.1. The second kappa shape index (κ2) is 6.87. The van der Waals surface area contributed by atoms with Gasteiger partial charge >= 0.3 is 0 Å². The van der Waals surface area contributed by atoms with Gasteiger partial charge in [0.2, 0.25) is 0 Å². The Morgan fingerprint density at radius 2 is 1.86 bits per heavy atom. The van der Waals surface area contributed by atoms with Crippen LogP contribution in [0, 0.1) is 12.7 Å². The molecule has 2 nitrogen and oxygen atoms in total. The molecule has 0 aliphatic rings. The number of halogens is 2. The SMILES string of the molecule is Cc1ccc(NC(=S)N[C@H](C)c2ccc(Cl)cc2)cc1F. The molecule has 0 fully saturated rings. The topological polar surface area (TPSA) is 24.1 Å². The fourth-order valence-electron chi connectivity index (χ4n) is 1.87. The van der Waals surface area contributed by atoms with Crippen LogP contribution in [0.5, 0.6) is 0 Å². The van der Waals surface area contributed by atoms with E-state index >= 15 is 0 Å². The molecule has 0 heterocycles. The molecule has 0 spiro atoms. The number of benzene rings is 2. The minimum absolute atomic E-state index is 0.0255. The Kier molecular flexibility index (Phi) is 5.15. The van der Waals surface area contributed by atoms with Crippen molar-refractivity contribution in [2.45, 2.75) is 19.9 Å². The first-order chi connectivity index (χ1) is 9.95. The van der Waals surface area contributed by atoms with E-state index in [2.05, 4.69) is 10.6 Å². The van der Waals surface area contributed by atoms with Crippen LogP contribution in [-0.2, 0) is 0 Å². The van der Waals surface area contributed by atoms with Crippen LogP contribution in [0.2, 0.25) is 5.02 Å². The monoisotopic (exact) mass is 322 g/mol. The lowest BCUT2D eigenvalue weighted by Crippen LogP contribution is -2.30. The predicted octanol–water partition coefficient (Wildman–Crippen LogP) is 4.84. The molecule has 110 valence electrons. The molecular formula is C16H16ClFN2S. The van der Waals surface area contributed by atoms with Crippen LogP contribution in [0.4, 0.5) is 10.1 Å². The highest BCUT2D eigenvalue weighted by molar-refractivity contribution is 7.80. The molecule has 0 radical (unpaired) electrons. The Labute approximate surface area is 134 Å². The van der Waals surface area contributed by atoms with Crippen LogP contribution in [0.25, 0.3) is 0 Å². The van der Waals surface area contributed by atoms with Gasteiger partial charge in [-0.15, -0.1) is 0 Å². The Morgan fingerprint density at radius 3 is 2.48 bits per heavy atom. The van der Waals surface area contributed by atoms with Gasteiger partial charge in [-0.3, -0.25) is 0 Å². The first-order valence-electron chi connectivity index (χ1n) is 6.55. The molecule has 2 rings (SSSR count). The third-order valence-corrected chi connectivity index (χ3v) is 3.62. The molecule has 0 aliphatic carbocycles. The largest absolute Gasteiger partial charge is 0.356 e. The molecule has 0 aromatic heterocycles. The van der Waals surface area contributed by atoms with Gasteiger partial charge in [-0.05, 0) is 61.5 Å². The van der Waals surface area contributed by atoms with Crippen LogP contribution in [0.3, 0.4) is 0 Å². The quantitative estimate of drug-likeness (QED) is 0.791. The molecule has 0 aliphatic heterocycles. The molecule has 0 bridgehead atoms. The van der Waals surface area contributed by atoms with Gasteiger partial charge < -0.3 is 10.6 Å². The Bertz CT molecular complexity index is 643. The lowest BCUT2D eigenvalue weighted by Gasteiger charge is -2.17. The number of aryl methyl sites for hydroxylation is 1. The minimum Gasteiger partial charge on any atom is -0.356 e. The Hall–Kier alpha value is -1.65. The van der Waals surface area contributed by atoms with E-state index in [0.29, 0.717) is 21.4 Å². The number of rotatable bonds is 3. The van der Waals surface area contributed by atoms with Crippen molar-refractivity contribution in [1.82, 2.24) is 5.32 Å². The van der Waals surface area contributed by atoms with E-state index < -0.39 is 0 Å². The average molecular weight is 323 g/mol. The van der Waals surface area contributed by atoms with Crippen LogP contribution < -0.4 is 10.6 Å². The molecule has 0 saturated heterocycles. The first kappa shape index (κ1) is 15.7. The summed E-state index contributed by atoms with van der Waals surface area (Å²) in [5, 5.41) is 7.27. The van der Waals surface area contributed by atoms with Gasteiger partial charge in [0, 0.05) is 10.7 Å². The number of nitrogens with one attached hydrogen (secondary N) is 2. The van der Waals surface area contributed by atoms with Gasteiger partial charge in [0.05, 0.1) is 6.04 Å². The molecule has 2 N–H and O–H groups in total. The second-order valence-electron chi connectivity index (χ2n) is 4.84. The smallest absolute Gasteiger partial charge is 0.171 e. The molecule has 2 aromatic carbocycles. The van der Waals surface area contributed by atoms with Crippen LogP contribution in [0.1, 0.15) is 24.1 Å². The zero-order chi connectivity index (χ0) is 15.4. The van der Waals surface area contributed by atoms with E-state index in [0.717, 1.165) is 5.56 Å². The molecule has 1 atom stereocenters. The zero-order valence-corrected chi connectivity index (χ0v) is 13.4. The van der Waals surface area contributed by atoms with Crippen molar-refractivity contribution in [2.24, 2.45) is 0 Å². The maximum Gasteiger partial charge on any atom is 0.171 e. The minimum atomic E-state index is -0.256. The van der Waals surface area contributed by atoms with Gasteiger partial charge in [0.25, 0.3) is 0 Å². The van der Waals surface area contributed by atoms with Crippen molar-refractivity contribution in [3.8, 4) is 0 Å². The van der Waals surface area contributed by atoms with Gasteiger partial charge in [0.15, 0.2) is 5.11 Å². The molecule has 2 aromatic rings. The van der Waals surface area contributed by atoms with Crippen molar-refractivity contribution in [3.63, 3.8) is 0 Å². The third kappa shape index (κ3) is 4.41. The highest BCUT2D eigenvalue weighted by atomic mass is 35.5. The van der Waals surface area contributed by atoms with Crippen molar-refractivity contribution in [2.75, 3.05) is 5.32 Å². The second-order valence-corrected chi connectivity index (χ2v) is 5.68. The average Bonchev–Trinajstić information content (AvgIpc) is 2.43.